The highest BCUT2D eigenvalue weighted by atomic mass is 19.4. The summed E-state index contributed by atoms with van der Waals surface area (Å²) in [6.07, 6.45) is 7.33. The van der Waals surface area contributed by atoms with Crippen molar-refractivity contribution < 1.29 is 17.9 Å². The molecule has 1 aromatic carbocycles. The minimum Gasteiger partial charge on any atom is -0.439 e. The number of likely N-dealkylation sites (tertiary alicyclic amines) is 1. The first-order valence-corrected chi connectivity index (χ1v) is 10.7. The van der Waals surface area contributed by atoms with Crippen LogP contribution in [0.3, 0.4) is 0 Å². The summed E-state index contributed by atoms with van der Waals surface area (Å²) >= 11 is 0. The standard InChI is InChI=1S/C24H27F3N2O/c25-24(26,27)20-9-12-23(28-17-20)30-22-6-4-5-19(16-22)15-18-7-10-21(11-8-18)29-13-2-1-3-14-29/h4-6,9,12,15-17,21H,1-3,7-8,10-11,13-14H2. The van der Waals surface area contributed by atoms with Gasteiger partial charge in [-0.15, -0.1) is 0 Å². The first kappa shape index (κ1) is 20.9. The number of halogens is 3. The van der Waals surface area contributed by atoms with Gasteiger partial charge in [-0.3, -0.25) is 0 Å². The zero-order chi connectivity index (χ0) is 21.0. The van der Waals surface area contributed by atoms with E-state index >= 15 is 0 Å². The molecular weight excluding hydrogens is 389 g/mol. The molecule has 30 heavy (non-hydrogen) atoms. The molecule has 1 aromatic heterocycles. The maximum absolute atomic E-state index is 12.7. The van der Waals surface area contributed by atoms with Crippen molar-refractivity contribution in [3.8, 4) is 11.6 Å². The molecular formula is C24H27F3N2O. The van der Waals surface area contributed by atoms with Crippen molar-refractivity contribution in [3.63, 3.8) is 0 Å². The maximum Gasteiger partial charge on any atom is 0.417 e. The first-order valence-electron chi connectivity index (χ1n) is 10.7. The molecule has 160 valence electrons. The van der Waals surface area contributed by atoms with E-state index in [2.05, 4.69) is 16.0 Å². The molecule has 0 atom stereocenters. The van der Waals surface area contributed by atoms with Crippen molar-refractivity contribution in [1.29, 1.82) is 0 Å². The summed E-state index contributed by atoms with van der Waals surface area (Å²) in [5, 5.41) is 0. The second kappa shape index (κ2) is 9.21. The number of piperidine rings is 1. The number of nitrogens with zero attached hydrogens (tertiary/aromatic N) is 2. The van der Waals surface area contributed by atoms with E-state index in [0.717, 1.165) is 36.7 Å². The zero-order valence-corrected chi connectivity index (χ0v) is 17.0. The third kappa shape index (κ3) is 5.42. The largest absolute Gasteiger partial charge is 0.439 e. The van der Waals surface area contributed by atoms with Crippen LogP contribution in [0.4, 0.5) is 13.2 Å². The van der Waals surface area contributed by atoms with E-state index in [1.807, 2.05) is 18.2 Å². The predicted molar refractivity (Wildman–Crippen MR) is 111 cm³/mol. The molecule has 0 N–H and O–H groups in total. The highest BCUT2D eigenvalue weighted by Crippen LogP contribution is 2.32. The molecule has 2 aliphatic rings. The molecule has 2 heterocycles. The Morgan fingerprint density at radius 3 is 2.43 bits per heavy atom. The van der Waals surface area contributed by atoms with Gasteiger partial charge >= 0.3 is 6.18 Å². The summed E-state index contributed by atoms with van der Waals surface area (Å²) in [5.74, 6) is 0.716. The second-order valence-electron chi connectivity index (χ2n) is 8.19. The van der Waals surface area contributed by atoms with Gasteiger partial charge in [0.1, 0.15) is 5.75 Å². The number of rotatable bonds is 4. The highest BCUT2D eigenvalue weighted by Gasteiger charge is 2.30. The van der Waals surface area contributed by atoms with Gasteiger partial charge in [-0.2, -0.15) is 13.2 Å². The number of benzene rings is 1. The van der Waals surface area contributed by atoms with Crippen LogP contribution in [0.25, 0.3) is 6.08 Å². The van der Waals surface area contributed by atoms with Crippen LogP contribution in [0.5, 0.6) is 11.6 Å². The van der Waals surface area contributed by atoms with Crippen LogP contribution in [0.2, 0.25) is 0 Å². The number of ether oxygens (including phenoxy) is 1. The molecule has 0 bridgehead atoms. The van der Waals surface area contributed by atoms with E-state index in [1.165, 1.54) is 56.8 Å². The summed E-state index contributed by atoms with van der Waals surface area (Å²) in [6, 6.07) is 10.6. The van der Waals surface area contributed by atoms with Crippen molar-refractivity contribution in [2.75, 3.05) is 13.1 Å². The quantitative estimate of drug-likeness (QED) is 0.554. The van der Waals surface area contributed by atoms with Crippen molar-refractivity contribution >= 4 is 6.08 Å². The maximum atomic E-state index is 12.7. The summed E-state index contributed by atoms with van der Waals surface area (Å²) < 4.78 is 43.6. The van der Waals surface area contributed by atoms with Crippen LogP contribution in [0.15, 0.2) is 48.2 Å². The molecule has 1 aliphatic carbocycles. The lowest BCUT2D eigenvalue weighted by Crippen LogP contribution is -2.40. The predicted octanol–water partition coefficient (Wildman–Crippen LogP) is 6.70. The van der Waals surface area contributed by atoms with Crippen LogP contribution < -0.4 is 4.74 Å². The van der Waals surface area contributed by atoms with Crippen molar-refractivity contribution in [1.82, 2.24) is 9.88 Å². The molecule has 0 radical (unpaired) electrons. The summed E-state index contributed by atoms with van der Waals surface area (Å²) in [7, 11) is 0. The van der Waals surface area contributed by atoms with E-state index in [-0.39, 0.29) is 5.88 Å². The van der Waals surface area contributed by atoms with E-state index in [1.54, 1.807) is 6.07 Å². The van der Waals surface area contributed by atoms with Crippen LogP contribution in [-0.2, 0) is 6.18 Å². The normalized spacial score (nSPS) is 20.8. The molecule has 3 nitrogen and oxygen atoms in total. The van der Waals surface area contributed by atoms with Crippen LogP contribution in [-0.4, -0.2) is 29.0 Å². The average molecular weight is 416 g/mol. The van der Waals surface area contributed by atoms with Gasteiger partial charge in [0.2, 0.25) is 5.88 Å². The molecule has 2 fully saturated rings. The molecule has 2 aromatic rings. The molecule has 0 spiro atoms. The Morgan fingerprint density at radius 1 is 1.00 bits per heavy atom. The number of aromatic nitrogens is 1. The number of allylic oxidation sites excluding steroid dienone is 1. The Morgan fingerprint density at radius 2 is 1.77 bits per heavy atom. The number of alkyl halides is 3. The monoisotopic (exact) mass is 416 g/mol. The average Bonchev–Trinajstić information content (AvgIpc) is 2.75. The van der Waals surface area contributed by atoms with Gasteiger partial charge < -0.3 is 9.64 Å². The first-order chi connectivity index (χ1) is 14.5. The van der Waals surface area contributed by atoms with Crippen molar-refractivity contribution in [3.05, 3.63) is 59.3 Å². The smallest absolute Gasteiger partial charge is 0.417 e. The molecule has 0 amide bonds. The fraction of sp³-hybridized carbons (Fsp3) is 0.458. The fourth-order valence-corrected chi connectivity index (χ4v) is 4.40. The van der Waals surface area contributed by atoms with Crippen molar-refractivity contribution in [2.45, 2.75) is 57.2 Å². The summed E-state index contributed by atoms with van der Waals surface area (Å²) in [6.45, 7) is 2.50. The topological polar surface area (TPSA) is 25.4 Å². The molecule has 4 rings (SSSR count). The Kier molecular flexibility index (Phi) is 6.42. The molecule has 6 heteroatoms. The fourth-order valence-electron chi connectivity index (χ4n) is 4.40. The van der Waals surface area contributed by atoms with Gasteiger partial charge in [-0.1, -0.05) is 30.2 Å². The molecule has 1 saturated carbocycles. The van der Waals surface area contributed by atoms with E-state index in [0.29, 0.717) is 5.75 Å². The second-order valence-corrected chi connectivity index (χ2v) is 8.19. The van der Waals surface area contributed by atoms with Gasteiger partial charge in [-0.05, 0) is 75.4 Å². The SMILES string of the molecule is FC(F)(F)c1ccc(Oc2cccc(C=C3CCC(N4CCCCC4)CC3)c2)nc1. The van der Waals surface area contributed by atoms with Gasteiger partial charge in [0.05, 0.1) is 5.56 Å². The summed E-state index contributed by atoms with van der Waals surface area (Å²) in [5.41, 5.74) is 1.72. The van der Waals surface area contributed by atoms with Gasteiger partial charge in [-0.25, -0.2) is 4.98 Å². The van der Waals surface area contributed by atoms with Gasteiger partial charge in [0, 0.05) is 18.3 Å². The lowest BCUT2D eigenvalue weighted by molar-refractivity contribution is -0.137. The van der Waals surface area contributed by atoms with E-state index < -0.39 is 11.7 Å². The third-order valence-electron chi connectivity index (χ3n) is 6.02. The third-order valence-corrected chi connectivity index (χ3v) is 6.02. The number of hydrogen-bond donors (Lipinski definition) is 0. The molecule has 0 unspecified atom stereocenters. The molecule has 1 aliphatic heterocycles. The van der Waals surface area contributed by atoms with Crippen molar-refractivity contribution in [2.24, 2.45) is 0 Å². The van der Waals surface area contributed by atoms with E-state index in [9.17, 15) is 13.2 Å². The van der Waals surface area contributed by atoms with Gasteiger partial charge in [0.25, 0.3) is 0 Å². The van der Waals surface area contributed by atoms with Gasteiger partial charge in [0.15, 0.2) is 0 Å². The number of pyridine rings is 1. The highest BCUT2D eigenvalue weighted by molar-refractivity contribution is 5.55. The minimum absolute atomic E-state index is 0.148. The Bertz CT molecular complexity index is 861. The van der Waals surface area contributed by atoms with E-state index in [4.69, 9.17) is 4.74 Å². The zero-order valence-electron chi connectivity index (χ0n) is 17.0. The number of hydrogen-bond acceptors (Lipinski definition) is 3. The lowest BCUT2D eigenvalue weighted by Gasteiger charge is -2.37. The minimum atomic E-state index is -4.40. The lowest BCUT2D eigenvalue weighted by atomic mass is 9.88. The van der Waals surface area contributed by atoms with Crippen LogP contribution in [0, 0.1) is 0 Å². The Labute approximate surface area is 175 Å². The molecule has 1 saturated heterocycles. The van der Waals surface area contributed by atoms with Crippen LogP contribution in [0.1, 0.15) is 56.1 Å². The van der Waals surface area contributed by atoms with Crippen LogP contribution >= 0.6 is 0 Å². The Balaban J connectivity index is 1.36. The summed E-state index contributed by atoms with van der Waals surface area (Å²) in [4.78, 5) is 6.45. The Hall–Kier alpha value is -2.34.